The summed E-state index contributed by atoms with van der Waals surface area (Å²) in [6.07, 6.45) is 8.66. The molecule has 1 heterocycles. The maximum absolute atomic E-state index is 5.71. The van der Waals surface area contributed by atoms with Gasteiger partial charge in [0.05, 0.1) is 13.2 Å². The Morgan fingerprint density at radius 3 is 2.00 bits per heavy atom. The maximum Gasteiger partial charge on any atom is 0.155 e. The number of hydrogen-bond acceptors (Lipinski definition) is 5. The predicted octanol–water partition coefficient (Wildman–Crippen LogP) is 3.62. The number of benzene rings is 1. The highest BCUT2D eigenvalue weighted by Gasteiger charge is 2.02. The Morgan fingerprint density at radius 1 is 0.864 bits per heavy atom. The summed E-state index contributed by atoms with van der Waals surface area (Å²) < 4.78 is 11.4. The van der Waals surface area contributed by atoms with E-state index in [1.165, 1.54) is 12.7 Å². The van der Waals surface area contributed by atoms with Gasteiger partial charge >= 0.3 is 0 Å². The number of rotatable bonds is 8. The van der Waals surface area contributed by atoms with Crippen LogP contribution in [-0.4, -0.2) is 28.2 Å². The van der Waals surface area contributed by atoms with Gasteiger partial charge in [-0.1, -0.05) is 19.9 Å². The molecule has 0 aliphatic carbocycles. The molecule has 0 spiro atoms. The molecule has 0 aliphatic rings. The van der Waals surface area contributed by atoms with Crippen LogP contribution in [0.2, 0.25) is 0 Å². The van der Waals surface area contributed by atoms with Gasteiger partial charge in [-0.05, 0) is 36.6 Å². The largest absolute Gasteiger partial charge is 0.493 e. The molecule has 5 heteroatoms. The Morgan fingerprint density at radius 2 is 1.45 bits per heavy atom. The standard InChI is InChI=1S/C17H21N3O2/c1-3-7-21-15-9-14(10-16(11-15)22-8-4-2)5-6-17-19-12-18-13-20-17/h5-6,9-13H,3-4,7-8H2,1-2H3. The lowest BCUT2D eigenvalue weighted by Crippen LogP contribution is -1.98. The zero-order valence-corrected chi connectivity index (χ0v) is 13.0. The van der Waals surface area contributed by atoms with Crippen molar-refractivity contribution >= 4 is 12.2 Å². The van der Waals surface area contributed by atoms with Crippen LogP contribution in [0, 0.1) is 0 Å². The van der Waals surface area contributed by atoms with Crippen LogP contribution in [0.15, 0.2) is 30.9 Å². The lowest BCUT2D eigenvalue weighted by molar-refractivity contribution is 0.301. The van der Waals surface area contributed by atoms with Crippen molar-refractivity contribution in [3.05, 3.63) is 42.2 Å². The topological polar surface area (TPSA) is 57.1 Å². The van der Waals surface area contributed by atoms with Crippen LogP contribution in [0.3, 0.4) is 0 Å². The fourth-order valence-corrected chi connectivity index (χ4v) is 1.80. The van der Waals surface area contributed by atoms with Gasteiger partial charge in [0.25, 0.3) is 0 Å². The second-order valence-corrected chi connectivity index (χ2v) is 4.76. The molecular formula is C17H21N3O2. The van der Waals surface area contributed by atoms with Crippen molar-refractivity contribution < 1.29 is 9.47 Å². The number of nitrogens with zero attached hydrogens (tertiary/aromatic N) is 3. The summed E-state index contributed by atoms with van der Waals surface area (Å²) in [6.45, 7) is 5.54. The van der Waals surface area contributed by atoms with Gasteiger partial charge in [-0.25, -0.2) is 15.0 Å². The van der Waals surface area contributed by atoms with E-state index in [-0.39, 0.29) is 0 Å². The van der Waals surface area contributed by atoms with E-state index in [0.29, 0.717) is 19.0 Å². The third-order valence-electron chi connectivity index (χ3n) is 2.79. The molecule has 0 saturated carbocycles. The molecule has 2 aromatic rings. The molecule has 0 radical (unpaired) electrons. The van der Waals surface area contributed by atoms with E-state index in [9.17, 15) is 0 Å². The van der Waals surface area contributed by atoms with Gasteiger partial charge in [0, 0.05) is 6.07 Å². The average Bonchev–Trinajstić information content (AvgIpc) is 2.57. The molecule has 0 unspecified atom stereocenters. The Bertz CT molecular complexity index is 574. The van der Waals surface area contributed by atoms with E-state index in [4.69, 9.17) is 9.47 Å². The fourth-order valence-electron chi connectivity index (χ4n) is 1.80. The minimum Gasteiger partial charge on any atom is -0.493 e. The smallest absolute Gasteiger partial charge is 0.155 e. The van der Waals surface area contributed by atoms with E-state index in [1.807, 2.05) is 30.4 Å². The maximum atomic E-state index is 5.71. The minimum atomic E-state index is 0.617. The molecule has 0 amide bonds. The van der Waals surface area contributed by atoms with Crippen molar-refractivity contribution in [2.24, 2.45) is 0 Å². The third-order valence-corrected chi connectivity index (χ3v) is 2.79. The molecule has 5 nitrogen and oxygen atoms in total. The van der Waals surface area contributed by atoms with Crippen LogP contribution in [0.25, 0.3) is 12.2 Å². The van der Waals surface area contributed by atoms with Crippen LogP contribution in [0.5, 0.6) is 11.5 Å². The highest BCUT2D eigenvalue weighted by atomic mass is 16.5. The van der Waals surface area contributed by atoms with E-state index in [1.54, 1.807) is 0 Å². The normalized spacial score (nSPS) is 10.8. The summed E-state index contributed by atoms with van der Waals surface area (Å²) in [7, 11) is 0. The van der Waals surface area contributed by atoms with Gasteiger partial charge in [0.2, 0.25) is 0 Å². The molecule has 0 saturated heterocycles. The van der Waals surface area contributed by atoms with Crippen LogP contribution in [-0.2, 0) is 0 Å². The van der Waals surface area contributed by atoms with Crippen molar-refractivity contribution in [3.63, 3.8) is 0 Å². The van der Waals surface area contributed by atoms with Crippen LogP contribution < -0.4 is 9.47 Å². The van der Waals surface area contributed by atoms with Gasteiger partial charge < -0.3 is 9.47 Å². The zero-order chi connectivity index (χ0) is 15.6. The fraction of sp³-hybridized carbons (Fsp3) is 0.353. The summed E-state index contributed by atoms with van der Waals surface area (Å²) in [5, 5.41) is 0. The summed E-state index contributed by atoms with van der Waals surface area (Å²) in [4.78, 5) is 11.9. The molecule has 1 aromatic carbocycles. The van der Waals surface area contributed by atoms with Crippen LogP contribution >= 0.6 is 0 Å². The van der Waals surface area contributed by atoms with E-state index in [2.05, 4.69) is 28.8 Å². The summed E-state index contributed by atoms with van der Waals surface area (Å²) in [5.41, 5.74) is 0.986. The molecule has 0 bridgehead atoms. The first-order chi connectivity index (χ1) is 10.8. The molecule has 2 rings (SSSR count). The SMILES string of the molecule is CCCOc1cc(C=Cc2ncncn2)cc(OCCC)c1. The van der Waals surface area contributed by atoms with Crippen molar-refractivity contribution in [1.82, 2.24) is 15.0 Å². The van der Waals surface area contributed by atoms with Gasteiger partial charge in [0.1, 0.15) is 24.2 Å². The predicted molar refractivity (Wildman–Crippen MR) is 86.8 cm³/mol. The zero-order valence-electron chi connectivity index (χ0n) is 13.0. The first-order valence-electron chi connectivity index (χ1n) is 7.52. The Hall–Kier alpha value is -2.43. The van der Waals surface area contributed by atoms with Crippen molar-refractivity contribution in [3.8, 4) is 11.5 Å². The van der Waals surface area contributed by atoms with Crippen molar-refractivity contribution in [2.45, 2.75) is 26.7 Å². The highest BCUT2D eigenvalue weighted by Crippen LogP contribution is 2.24. The Balaban J connectivity index is 2.18. The Labute approximate surface area is 131 Å². The number of aromatic nitrogens is 3. The lowest BCUT2D eigenvalue weighted by Gasteiger charge is -2.10. The first kappa shape index (κ1) is 15.9. The second-order valence-electron chi connectivity index (χ2n) is 4.76. The summed E-state index contributed by atoms with van der Waals surface area (Å²) in [6, 6.07) is 5.88. The highest BCUT2D eigenvalue weighted by molar-refractivity contribution is 5.68. The van der Waals surface area contributed by atoms with Crippen molar-refractivity contribution in [1.29, 1.82) is 0 Å². The van der Waals surface area contributed by atoms with Gasteiger partial charge in [-0.15, -0.1) is 0 Å². The molecule has 0 aliphatic heterocycles. The van der Waals surface area contributed by atoms with E-state index in [0.717, 1.165) is 29.9 Å². The molecule has 116 valence electrons. The molecule has 0 atom stereocenters. The average molecular weight is 299 g/mol. The third kappa shape index (κ3) is 5.16. The summed E-state index contributed by atoms with van der Waals surface area (Å²) >= 11 is 0. The van der Waals surface area contributed by atoms with Gasteiger partial charge in [0.15, 0.2) is 5.82 Å². The number of hydrogen-bond donors (Lipinski definition) is 0. The minimum absolute atomic E-state index is 0.617. The van der Waals surface area contributed by atoms with Crippen LogP contribution in [0.1, 0.15) is 38.1 Å². The second kappa shape index (κ2) is 8.77. The molecule has 0 N–H and O–H groups in total. The summed E-state index contributed by atoms with van der Waals surface area (Å²) in [5.74, 6) is 2.24. The van der Waals surface area contributed by atoms with Crippen molar-refractivity contribution in [2.75, 3.05) is 13.2 Å². The first-order valence-corrected chi connectivity index (χ1v) is 7.52. The van der Waals surface area contributed by atoms with E-state index >= 15 is 0 Å². The van der Waals surface area contributed by atoms with Gasteiger partial charge in [-0.2, -0.15) is 0 Å². The molecule has 1 aromatic heterocycles. The van der Waals surface area contributed by atoms with E-state index < -0.39 is 0 Å². The van der Waals surface area contributed by atoms with Gasteiger partial charge in [-0.3, -0.25) is 0 Å². The lowest BCUT2D eigenvalue weighted by atomic mass is 10.2. The van der Waals surface area contributed by atoms with Crippen LogP contribution in [0.4, 0.5) is 0 Å². The number of ether oxygens (including phenoxy) is 2. The Kier molecular flexibility index (Phi) is 6.36. The molecule has 22 heavy (non-hydrogen) atoms. The monoisotopic (exact) mass is 299 g/mol. The molecule has 0 fully saturated rings. The quantitative estimate of drug-likeness (QED) is 0.745. The molecular weight excluding hydrogens is 278 g/mol.